The van der Waals surface area contributed by atoms with E-state index in [9.17, 15) is 4.79 Å². The molecule has 1 fully saturated rings. The molecule has 0 aromatic carbocycles. The molecule has 0 saturated heterocycles. The van der Waals surface area contributed by atoms with Gasteiger partial charge in [-0.3, -0.25) is 4.79 Å². The van der Waals surface area contributed by atoms with Crippen molar-refractivity contribution in [3.63, 3.8) is 0 Å². The SMILES string of the molecule is CC(=O)C1(OCC(C)C)CCCC1. The number of rotatable bonds is 4. The minimum atomic E-state index is -0.412. The number of carbonyl (C=O) groups is 1. The quantitative estimate of drug-likeness (QED) is 0.671. The molecule has 0 aliphatic heterocycles. The van der Waals surface area contributed by atoms with E-state index in [4.69, 9.17) is 4.74 Å². The smallest absolute Gasteiger partial charge is 0.161 e. The maximum Gasteiger partial charge on any atom is 0.161 e. The van der Waals surface area contributed by atoms with Crippen LogP contribution in [0.1, 0.15) is 46.5 Å². The van der Waals surface area contributed by atoms with Gasteiger partial charge in [0.2, 0.25) is 0 Å². The summed E-state index contributed by atoms with van der Waals surface area (Å²) in [5.74, 6) is 0.725. The topological polar surface area (TPSA) is 26.3 Å². The normalized spacial score (nSPS) is 20.9. The van der Waals surface area contributed by atoms with Crippen molar-refractivity contribution in [1.29, 1.82) is 0 Å². The third-order valence-electron chi connectivity index (χ3n) is 2.75. The van der Waals surface area contributed by atoms with Gasteiger partial charge in [-0.25, -0.2) is 0 Å². The first-order valence-electron chi connectivity index (χ1n) is 5.22. The lowest BCUT2D eigenvalue weighted by Crippen LogP contribution is -2.38. The summed E-state index contributed by atoms with van der Waals surface area (Å²) in [6, 6.07) is 0. The Balaban J connectivity index is 2.52. The third-order valence-corrected chi connectivity index (χ3v) is 2.75. The predicted octanol–water partition coefficient (Wildman–Crippen LogP) is 2.56. The van der Waals surface area contributed by atoms with Crippen LogP contribution in [0, 0.1) is 5.92 Å². The van der Waals surface area contributed by atoms with Crippen LogP contribution in [0.15, 0.2) is 0 Å². The Morgan fingerprint density at radius 1 is 1.38 bits per heavy atom. The Labute approximate surface area is 80.7 Å². The van der Waals surface area contributed by atoms with Gasteiger partial charge in [0.25, 0.3) is 0 Å². The molecule has 0 N–H and O–H groups in total. The Morgan fingerprint density at radius 3 is 2.31 bits per heavy atom. The van der Waals surface area contributed by atoms with E-state index in [0.29, 0.717) is 12.5 Å². The van der Waals surface area contributed by atoms with Crippen LogP contribution in [0.3, 0.4) is 0 Å². The van der Waals surface area contributed by atoms with Crippen LogP contribution in [0.2, 0.25) is 0 Å². The van der Waals surface area contributed by atoms with E-state index in [1.54, 1.807) is 6.92 Å². The molecule has 0 heterocycles. The molecule has 0 bridgehead atoms. The zero-order valence-corrected chi connectivity index (χ0v) is 8.93. The zero-order chi connectivity index (χ0) is 9.90. The number of ether oxygens (including phenoxy) is 1. The van der Waals surface area contributed by atoms with Crippen molar-refractivity contribution in [2.75, 3.05) is 6.61 Å². The molecule has 1 aliphatic rings. The molecule has 0 amide bonds. The average molecular weight is 184 g/mol. The Kier molecular flexibility index (Phi) is 3.48. The highest BCUT2D eigenvalue weighted by atomic mass is 16.5. The predicted molar refractivity (Wildman–Crippen MR) is 52.7 cm³/mol. The van der Waals surface area contributed by atoms with E-state index < -0.39 is 5.60 Å². The number of ketones is 1. The lowest BCUT2D eigenvalue weighted by molar-refractivity contribution is -0.143. The number of carbonyl (C=O) groups excluding carboxylic acids is 1. The average Bonchev–Trinajstić information content (AvgIpc) is 2.50. The van der Waals surface area contributed by atoms with Gasteiger partial charge in [0.1, 0.15) is 5.60 Å². The molecule has 0 spiro atoms. The summed E-state index contributed by atoms with van der Waals surface area (Å²) < 4.78 is 5.76. The summed E-state index contributed by atoms with van der Waals surface area (Å²) in [6.45, 7) is 6.59. The van der Waals surface area contributed by atoms with Gasteiger partial charge < -0.3 is 4.74 Å². The molecule has 1 rings (SSSR count). The highest BCUT2D eigenvalue weighted by Crippen LogP contribution is 2.34. The molecule has 1 aliphatic carbocycles. The lowest BCUT2D eigenvalue weighted by Gasteiger charge is -2.27. The largest absolute Gasteiger partial charge is 0.367 e. The first-order valence-corrected chi connectivity index (χ1v) is 5.22. The van der Waals surface area contributed by atoms with Crippen molar-refractivity contribution in [2.45, 2.75) is 52.1 Å². The highest BCUT2D eigenvalue weighted by molar-refractivity contribution is 5.85. The van der Waals surface area contributed by atoms with Gasteiger partial charge in [0.15, 0.2) is 5.78 Å². The van der Waals surface area contributed by atoms with E-state index in [2.05, 4.69) is 13.8 Å². The fraction of sp³-hybridized carbons (Fsp3) is 0.909. The molecular formula is C11H20O2. The molecule has 0 atom stereocenters. The van der Waals surface area contributed by atoms with Gasteiger partial charge in [-0.2, -0.15) is 0 Å². The zero-order valence-electron chi connectivity index (χ0n) is 8.93. The van der Waals surface area contributed by atoms with Crippen molar-refractivity contribution in [3.8, 4) is 0 Å². The van der Waals surface area contributed by atoms with Crippen LogP contribution in [0.25, 0.3) is 0 Å². The fourth-order valence-electron chi connectivity index (χ4n) is 1.87. The van der Waals surface area contributed by atoms with Gasteiger partial charge in [-0.15, -0.1) is 0 Å². The minimum Gasteiger partial charge on any atom is -0.367 e. The van der Waals surface area contributed by atoms with E-state index in [-0.39, 0.29) is 5.78 Å². The summed E-state index contributed by atoms with van der Waals surface area (Å²) >= 11 is 0. The Hall–Kier alpha value is -0.370. The second-order valence-corrected chi connectivity index (χ2v) is 4.46. The van der Waals surface area contributed by atoms with Crippen LogP contribution >= 0.6 is 0 Å². The van der Waals surface area contributed by atoms with Crippen LogP contribution in [0.5, 0.6) is 0 Å². The van der Waals surface area contributed by atoms with Gasteiger partial charge >= 0.3 is 0 Å². The summed E-state index contributed by atoms with van der Waals surface area (Å²) in [6.07, 6.45) is 4.12. The maximum atomic E-state index is 11.5. The van der Waals surface area contributed by atoms with Gasteiger partial charge in [-0.1, -0.05) is 13.8 Å². The first kappa shape index (κ1) is 10.7. The van der Waals surface area contributed by atoms with Crippen LogP contribution < -0.4 is 0 Å². The summed E-state index contributed by atoms with van der Waals surface area (Å²) in [7, 11) is 0. The van der Waals surface area contributed by atoms with Crippen LogP contribution in [-0.4, -0.2) is 18.0 Å². The standard InChI is InChI=1S/C11H20O2/c1-9(2)8-13-11(10(3)12)6-4-5-7-11/h9H,4-8H2,1-3H3. The molecule has 0 aromatic heterocycles. The van der Waals surface area contributed by atoms with E-state index in [1.165, 1.54) is 0 Å². The molecule has 0 unspecified atom stereocenters. The molecule has 13 heavy (non-hydrogen) atoms. The van der Waals surface area contributed by atoms with Gasteiger partial charge in [0.05, 0.1) is 6.61 Å². The molecule has 2 heteroatoms. The van der Waals surface area contributed by atoms with E-state index in [1.807, 2.05) is 0 Å². The molecule has 0 radical (unpaired) electrons. The third kappa shape index (κ3) is 2.53. The molecule has 0 aromatic rings. The monoisotopic (exact) mass is 184 g/mol. The summed E-state index contributed by atoms with van der Waals surface area (Å²) in [4.78, 5) is 11.5. The fourth-order valence-corrected chi connectivity index (χ4v) is 1.87. The van der Waals surface area contributed by atoms with Crippen molar-refractivity contribution in [3.05, 3.63) is 0 Å². The summed E-state index contributed by atoms with van der Waals surface area (Å²) in [5.41, 5.74) is -0.412. The minimum absolute atomic E-state index is 0.214. The van der Waals surface area contributed by atoms with Crippen LogP contribution in [0.4, 0.5) is 0 Å². The first-order chi connectivity index (χ1) is 6.07. The number of hydrogen-bond acceptors (Lipinski definition) is 2. The molecule has 2 nitrogen and oxygen atoms in total. The Bertz CT molecular complexity index is 179. The maximum absolute atomic E-state index is 11.5. The van der Waals surface area contributed by atoms with Gasteiger partial charge in [0, 0.05) is 0 Å². The van der Waals surface area contributed by atoms with Crippen LogP contribution in [-0.2, 0) is 9.53 Å². The van der Waals surface area contributed by atoms with Crippen molar-refractivity contribution in [1.82, 2.24) is 0 Å². The van der Waals surface area contributed by atoms with Gasteiger partial charge in [-0.05, 0) is 38.5 Å². The molecule has 76 valence electrons. The van der Waals surface area contributed by atoms with E-state index in [0.717, 1.165) is 25.7 Å². The number of hydrogen-bond donors (Lipinski definition) is 0. The Morgan fingerprint density at radius 2 is 1.92 bits per heavy atom. The molecular weight excluding hydrogens is 164 g/mol. The summed E-state index contributed by atoms with van der Waals surface area (Å²) in [5, 5.41) is 0. The van der Waals surface area contributed by atoms with Crippen molar-refractivity contribution >= 4 is 5.78 Å². The number of Topliss-reactive ketones (excluding diaryl/α,β-unsaturated/α-hetero) is 1. The lowest BCUT2D eigenvalue weighted by atomic mass is 9.97. The van der Waals surface area contributed by atoms with Crippen molar-refractivity contribution in [2.24, 2.45) is 5.92 Å². The van der Waals surface area contributed by atoms with E-state index >= 15 is 0 Å². The second kappa shape index (κ2) is 4.23. The molecule has 1 saturated carbocycles. The highest BCUT2D eigenvalue weighted by Gasteiger charge is 2.39. The second-order valence-electron chi connectivity index (χ2n) is 4.46. The van der Waals surface area contributed by atoms with Crippen molar-refractivity contribution < 1.29 is 9.53 Å².